The molecule has 23 heavy (non-hydrogen) atoms. The summed E-state index contributed by atoms with van der Waals surface area (Å²) >= 11 is 0. The number of hydrogen-bond acceptors (Lipinski definition) is 1. The molecule has 0 aromatic carbocycles. The Morgan fingerprint density at radius 3 is 2.35 bits per heavy atom. The quantitative estimate of drug-likeness (QED) is 0.710. The van der Waals surface area contributed by atoms with Gasteiger partial charge in [0.15, 0.2) is 0 Å². The van der Waals surface area contributed by atoms with Gasteiger partial charge in [-0.2, -0.15) is 0 Å². The molecule has 0 spiro atoms. The molecule has 0 aliphatic carbocycles. The maximum absolute atomic E-state index is 5.54. The Balaban J connectivity index is 3.46. The number of rotatable bonds is 8. The zero-order chi connectivity index (χ0) is 17.4. The van der Waals surface area contributed by atoms with E-state index in [2.05, 4.69) is 64.8 Å². The molecular formula is C21H35NO. The van der Waals surface area contributed by atoms with E-state index < -0.39 is 0 Å². The molecule has 0 aliphatic rings. The lowest BCUT2D eigenvalue weighted by molar-refractivity contribution is 0.312. The number of aromatic amines is 1. The highest BCUT2D eigenvalue weighted by Gasteiger charge is 2.15. The van der Waals surface area contributed by atoms with Gasteiger partial charge in [-0.1, -0.05) is 47.1 Å². The summed E-state index contributed by atoms with van der Waals surface area (Å²) in [6.45, 7) is 13.5. The van der Waals surface area contributed by atoms with Gasteiger partial charge in [0.25, 0.3) is 0 Å². The van der Waals surface area contributed by atoms with E-state index in [-0.39, 0.29) is 0 Å². The molecule has 0 saturated heterocycles. The topological polar surface area (TPSA) is 25.0 Å². The van der Waals surface area contributed by atoms with Crippen molar-refractivity contribution in [3.8, 4) is 0 Å². The summed E-state index contributed by atoms with van der Waals surface area (Å²) in [4.78, 5) is 3.61. The first kappa shape index (κ1) is 19.6. The van der Waals surface area contributed by atoms with Crippen LogP contribution in [0.25, 0.3) is 12.2 Å². The Labute approximate surface area is 142 Å². The molecule has 1 unspecified atom stereocenters. The number of methoxy groups -OCH3 is 1. The Bertz CT molecular complexity index is 621. The largest absolute Gasteiger partial charge is 0.497 e. The normalized spacial score (nSPS) is 16.7. The molecule has 2 nitrogen and oxygen atoms in total. The lowest BCUT2D eigenvalue weighted by atomic mass is 9.87. The molecule has 1 aromatic heterocycles. The smallest absolute Gasteiger partial charge is 0.115 e. The molecule has 0 fully saturated rings. The predicted molar refractivity (Wildman–Crippen MR) is 102 cm³/mol. The van der Waals surface area contributed by atoms with Crippen molar-refractivity contribution < 1.29 is 4.74 Å². The van der Waals surface area contributed by atoms with E-state index in [1.54, 1.807) is 7.11 Å². The second-order valence-corrected chi connectivity index (χ2v) is 6.48. The van der Waals surface area contributed by atoms with E-state index in [4.69, 9.17) is 4.74 Å². The highest BCUT2D eigenvalue weighted by Crippen LogP contribution is 2.19. The maximum atomic E-state index is 5.54. The molecule has 0 aliphatic heterocycles. The van der Waals surface area contributed by atoms with Gasteiger partial charge in [-0.3, -0.25) is 0 Å². The van der Waals surface area contributed by atoms with E-state index in [1.165, 1.54) is 28.2 Å². The van der Waals surface area contributed by atoms with Gasteiger partial charge in [-0.05, 0) is 55.7 Å². The van der Waals surface area contributed by atoms with Crippen LogP contribution in [0.1, 0.15) is 65.6 Å². The minimum absolute atomic E-state index is 0.680. The van der Waals surface area contributed by atoms with Crippen molar-refractivity contribution in [1.82, 2.24) is 4.98 Å². The first-order chi connectivity index (χ1) is 11.0. The number of aromatic nitrogens is 1. The molecule has 2 atom stereocenters. The summed E-state index contributed by atoms with van der Waals surface area (Å²) in [5.74, 6) is 2.37. The third-order valence-corrected chi connectivity index (χ3v) is 4.98. The number of hydrogen-bond donors (Lipinski definition) is 1. The molecule has 1 aromatic rings. The van der Waals surface area contributed by atoms with Crippen molar-refractivity contribution in [2.24, 2.45) is 11.8 Å². The van der Waals surface area contributed by atoms with E-state index >= 15 is 0 Å². The van der Waals surface area contributed by atoms with Gasteiger partial charge in [0.05, 0.1) is 7.11 Å². The van der Waals surface area contributed by atoms with Crippen LogP contribution in [0.4, 0.5) is 0 Å². The molecule has 1 rings (SSSR count). The second-order valence-electron chi connectivity index (χ2n) is 6.48. The summed E-state index contributed by atoms with van der Waals surface area (Å²) < 4.78 is 5.54. The summed E-state index contributed by atoms with van der Waals surface area (Å²) in [5.41, 5.74) is 2.83. The van der Waals surface area contributed by atoms with Crippen LogP contribution in [0.15, 0.2) is 11.8 Å². The number of H-pyrrole nitrogens is 1. The van der Waals surface area contributed by atoms with E-state index in [0.717, 1.165) is 30.9 Å². The molecule has 2 heteroatoms. The molecular weight excluding hydrogens is 282 g/mol. The van der Waals surface area contributed by atoms with Gasteiger partial charge in [0.1, 0.15) is 5.76 Å². The minimum atomic E-state index is 0.680. The molecule has 1 heterocycles. The Hall–Kier alpha value is -1.44. The summed E-state index contributed by atoms with van der Waals surface area (Å²) in [6.07, 6.45) is 10.9. The Kier molecular flexibility index (Phi) is 8.22. The number of nitrogens with one attached hydrogen (secondary N) is 1. The van der Waals surface area contributed by atoms with Crippen LogP contribution in [-0.2, 0) is 17.6 Å². The lowest BCUT2D eigenvalue weighted by Gasteiger charge is -2.18. The van der Waals surface area contributed by atoms with E-state index in [0.29, 0.717) is 5.92 Å². The maximum Gasteiger partial charge on any atom is 0.115 e. The number of allylic oxidation sites excluding steroid dienone is 2. The Morgan fingerprint density at radius 1 is 1.17 bits per heavy atom. The minimum Gasteiger partial charge on any atom is -0.497 e. The lowest BCUT2D eigenvalue weighted by Crippen LogP contribution is -2.26. The zero-order valence-corrected chi connectivity index (χ0v) is 16.1. The fourth-order valence-corrected chi connectivity index (χ4v) is 3.03. The average Bonchev–Trinajstić information content (AvgIpc) is 2.90. The van der Waals surface area contributed by atoms with Gasteiger partial charge >= 0.3 is 0 Å². The fraction of sp³-hybridized carbons (Fsp3) is 0.619. The third-order valence-electron chi connectivity index (χ3n) is 4.98. The predicted octanol–water partition coefficient (Wildman–Crippen LogP) is 4.32. The highest BCUT2D eigenvalue weighted by molar-refractivity contribution is 5.47. The van der Waals surface area contributed by atoms with Crippen molar-refractivity contribution in [1.29, 1.82) is 0 Å². The van der Waals surface area contributed by atoms with Crippen LogP contribution < -0.4 is 10.6 Å². The SMILES string of the molecule is C/C=c1/[nH]c(CC)c(C[C@@H](C)C(C)CC)/c1=C/C(=C/CC)OC. The van der Waals surface area contributed by atoms with Crippen LogP contribution in [0.5, 0.6) is 0 Å². The van der Waals surface area contributed by atoms with Crippen molar-refractivity contribution in [2.45, 2.75) is 67.2 Å². The van der Waals surface area contributed by atoms with E-state index in [9.17, 15) is 0 Å². The van der Waals surface area contributed by atoms with Crippen molar-refractivity contribution in [3.05, 3.63) is 33.7 Å². The summed E-state index contributed by atoms with van der Waals surface area (Å²) in [6, 6.07) is 0. The molecule has 0 amide bonds. The standard InChI is InChI=1S/C21H35NO/c1-8-12-17(23-7)14-19-18(13-16(6)15(5)9-2)20(10-3)22-21(19)11-4/h11-12,14-16,22H,8-10,13H2,1-7H3/b17-12-,19-14-,21-11+/t15?,16-/m1/s1. The fourth-order valence-electron chi connectivity index (χ4n) is 3.03. The summed E-state index contributed by atoms with van der Waals surface area (Å²) in [7, 11) is 1.75. The summed E-state index contributed by atoms with van der Waals surface area (Å²) in [5, 5.41) is 2.52. The van der Waals surface area contributed by atoms with Crippen LogP contribution in [0, 0.1) is 11.8 Å². The van der Waals surface area contributed by atoms with Gasteiger partial charge in [-0.25, -0.2) is 0 Å². The highest BCUT2D eigenvalue weighted by atomic mass is 16.5. The molecule has 0 saturated carbocycles. The van der Waals surface area contributed by atoms with E-state index in [1.807, 2.05) is 0 Å². The first-order valence-electron chi connectivity index (χ1n) is 9.14. The van der Waals surface area contributed by atoms with Crippen LogP contribution in [0.2, 0.25) is 0 Å². The van der Waals surface area contributed by atoms with Crippen molar-refractivity contribution in [3.63, 3.8) is 0 Å². The van der Waals surface area contributed by atoms with Gasteiger partial charge < -0.3 is 9.72 Å². The van der Waals surface area contributed by atoms with Crippen molar-refractivity contribution in [2.75, 3.05) is 7.11 Å². The third kappa shape index (κ3) is 5.02. The number of aryl methyl sites for hydroxylation is 1. The molecule has 130 valence electrons. The first-order valence-corrected chi connectivity index (χ1v) is 9.14. The van der Waals surface area contributed by atoms with Crippen molar-refractivity contribution >= 4 is 12.2 Å². The second kappa shape index (κ2) is 9.64. The molecule has 0 radical (unpaired) electrons. The number of ether oxygens (including phenoxy) is 1. The van der Waals surface area contributed by atoms with Gasteiger partial charge in [0.2, 0.25) is 0 Å². The van der Waals surface area contributed by atoms with Crippen LogP contribution in [0.3, 0.4) is 0 Å². The molecule has 1 N–H and O–H groups in total. The van der Waals surface area contributed by atoms with Crippen LogP contribution in [-0.4, -0.2) is 12.1 Å². The van der Waals surface area contributed by atoms with Crippen LogP contribution >= 0.6 is 0 Å². The molecule has 0 bridgehead atoms. The van der Waals surface area contributed by atoms with Gasteiger partial charge in [0, 0.05) is 16.3 Å². The average molecular weight is 318 g/mol. The zero-order valence-electron chi connectivity index (χ0n) is 16.1. The van der Waals surface area contributed by atoms with Gasteiger partial charge in [-0.15, -0.1) is 0 Å². The Morgan fingerprint density at radius 2 is 1.87 bits per heavy atom. The monoisotopic (exact) mass is 317 g/mol.